The van der Waals surface area contributed by atoms with Crippen LogP contribution in [0.1, 0.15) is 122 Å². The van der Waals surface area contributed by atoms with Crippen LogP contribution < -0.4 is 73.5 Å². The number of hydrogen-bond acceptors (Lipinski definition) is 27. The third-order valence-electron chi connectivity index (χ3n) is 20.8. The molecule has 18 atom stereocenters. The molecule has 7 heterocycles. The summed E-state index contributed by atoms with van der Waals surface area (Å²) in [5, 5.41) is 139. The quantitative estimate of drug-likeness (QED) is 0.0545. The minimum atomic E-state index is -2.37. The van der Waals surface area contributed by atoms with Crippen molar-refractivity contribution in [3.05, 3.63) is 159 Å². The van der Waals surface area contributed by atoms with Crippen molar-refractivity contribution in [1.82, 2.24) is 47.9 Å². The van der Waals surface area contributed by atoms with Crippen molar-refractivity contribution >= 4 is 87.1 Å². The van der Waals surface area contributed by atoms with Crippen LogP contribution in [-0.4, -0.2) is 210 Å². The summed E-state index contributed by atoms with van der Waals surface area (Å²) in [6, 6.07) is 9.25. The molecular weight excluding hydrogens is 1590 g/mol. The van der Waals surface area contributed by atoms with Crippen molar-refractivity contribution in [2.45, 2.75) is 163 Å². The summed E-state index contributed by atoms with van der Waals surface area (Å²) >= 11 is 14.3. The number of carbonyl (C=O) groups excluding carboxylic acids is 9. The van der Waals surface area contributed by atoms with Crippen LogP contribution in [0.4, 0.5) is 0 Å². The third-order valence-corrected chi connectivity index (χ3v) is 21.4. The van der Waals surface area contributed by atoms with Gasteiger partial charge in [-0.05, 0) is 157 Å². The van der Waals surface area contributed by atoms with Gasteiger partial charge in [0.2, 0.25) is 59.3 Å². The zero-order valence-electron chi connectivity index (χ0n) is 63.8. The number of aromatic hydroxyl groups is 4. The first-order valence-corrected chi connectivity index (χ1v) is 38.3. The second-order valence-electron chi connectivity index (χ2n) is 30.0. The number of carbonyl (C=O) groups is 9. The Labute approximate surface area is 682 Å². The number of rotatable bonds is 18. The van der Waals surface area contributed by atoms with Gasteiger partial charge in [0.05, 0.1) is 41.3 Å². The molecule has 7 aromatic rings. The van der Waals surface area contributed by atoms with Crippen molar-refractivity contribution in [3.63, 3.8) is 0 Å². The minimum Gasteiger partial charge on any atom is -0.508 e. The number of phenolic OH excluding ortho intramolecular Hbond substituents is 4. The van der Waals surface area contributed by atoms with Crippen LogP contribution in [0, 0.1) is 5.92 Å². The second kappa shape index (κ2) is 35.9. The lowest BCUT2D eigenvalue weighted by atomic mass is 9.86. The number of primary amides is 1. The third kappa shape index (κ3) is 18.8. The molecule has 2 saturated heterocycles. The Hall–Kier alpha value is -11.2. The van der Waals surface area contributed by atoms with Gasteiger partial charge in [0.15, 0.2) is 23.9 Å². The van der Waals surface area contributed by atoms with Gasteiger partial charge in [-0.1, -0.05) is 67.4 Å². The first-order valence-electron chi connectivity index (χ1n) is 37.5. The summed E-state index contributed by atoms with van der Waals surface area (Å²) in [6.07, 6.45) is -18.7. The lowest BCUT2D eigenvalue weighted by Gasteiger charge is -2.47. The standard InChI is InChI=1S/C80H89Cl2N11O25/c1-32(2)19-47(85-5)72(106)92-62-64(100)37-11-15-51(45(81)23-37)114-53-25-40-26-54(68(53)118-79-69(67(103)66(102)55(31-94)116-79)117-57-30-80(4,84)70(104)33(3)113-57)115-52-16-12-38(24-46(52)82)65(101)63-78(112)91-61(74(108)87-18-6-17-86-71(105)39-8-7-35-21-41(95)13-9-34(35)20-39)44-27-42(96)28-50(98)58(44)43-22-36(10-14-49(43)97)59(75(109)93-63)90-76(110)60(40)89-73(107)48(29-56(83)99)88-77(62)111/h7-16,20-28,32-33,47-48,55,57,59-67,69-70,79,85,94-98,100-104H,6,17-19,29-31,84H2,1-5H3,(H2,83,99)(H,86,105)(H,87,108)(H,88,111)(H,89,107)(H,90,110)(H,91,112)(H,92,106)(H,93,109). The smallest absolute Gasteiger partial charge is 0.251 e. The number of halogens is 2. The van der Waals surface area contributed by atoms with Crippen LogP contribution in [0.15, 0.2) is 115 Å². The molecule has 11 bridgehead atoms. The fraction of sp³-hybridized carbons (Fsp3) is 0.388. The van der Waals surface area contributed by atoms with E-state index in [0.717, 1.165) is 60.7 Å². The molecule has 0 radical (unpaired) electrons. The number of aliphatic hydroxyl groups is 6. The van der Waals surface area contributed by atoms with Crippen molar-refractivity contribution in [2.75, 3.05) is 26.7 Å². The van der Waals surface area contributed by atoms with E-state index >= 15 is 19.2 Å². The lowest BCUT2D eigenvalue weighted by Crippen LogP contribution is -2.64. The SMILES string of the molecule is CNC(CC(C)C)C(=O)NC1C(=O)NC(CC(N)=O)C(=O)NC2C(=O)NC3C(=O)NC(C(=O)NC(C(=O)NCCCNC(=O)c4ccc5cc(O)ccc5c4)c4cc(O)cc(O)c4-c4cc3ccc4O)C(O)c3ccc(c(Cl)c3)Oc3cc2cc(c3OC2OC(CO)C(O)C(O)C2OC2CC(C)(N)C(O)C(C)O2)Oc2ccc(cc2Cl)C1O. The van der Waals surface area contributed by atoms with E-state index in [1.165, 1.54) is 51.2 Å². The molecule has 7 aromatic carbocycles. The van der Waals surface area contributed by atoms with Crippen LogP contribution in [0.25, 0.3) is 21.9 Å². The summed E-state index contributed by atoms with van der Waals surface area (Å²) in [7, 11) is 1.47. The van der Waals surface area contributed by atoms with Gasteiger partial charge in [-0.3, -0.25) is 43.2 Å². The molecular formula is C80H89Cl2N11O25. The number of phenols is 4. The first kappa shape index (κ1) is 86.1. The molecule has 0 saturated carbocycles. The molecule has 23 N–H and O–H groups in total. The van der Waals surface area contributed by atoms with E-state index in [2.05, 4.69) is 47.9 Å². The number of amides is 9. The Kier molecular flexibility index (Phi) is 26.2. The molecule has 118 heavy (non-hydrogen) atoms. The molecule has 7 aliphatic rings. The molecule has 0 spiro atoms. The van der Waals surface area contributed by atoms with Crippen molar-refractivity contribution in [1.29, 1.82) is 0 Å². The van der Waals surface area contributed by atoms with Crippen LogP contribution in [-0.2, 0) is 52.6 Å². The molecule has 0 aromatic heterocycles. The monoisotopic (exact) mass is 1670 g/mol. The molecule has 18 unspecified atom stereocenters. The van der Waals surface area contributed by atoms with Gasteiger partial charge >= 0.3 is 0 Å². The summed E-state index contributed by atoms with van der Waals surface area (Å²) in [4.78, 5) is 134. The Morgan fingerprint density at radius 1 is 0.653 bits per heavy atom. The Balaban J connectivity index is 1.02. The molecule has 0 aliphatic carbocycles. The van der Waals surface area contributed by atoms with Gasteiger partial charge in [0, 0.05) is 47.8 Å². The molecule has 14 rings (SSSR count). The predicted molar refractivity (Wildman–Crippen MR) is 417 cm³/mol. The van der Waals surface area contributed by atoms with E-state index in [-0.39, 0.29) is 77.0 Å². The molecule has 9 amide bonds. The second-order valence-corrected chi connectivity index (χ2v) is 30.8. The lowest BCUT2D eigenvalue weighted by molar-refractivity contribution is -0.333. The summed E-state index contributed by atoms with van der Waals surface area (Å²) < 4.78 is 38.6. The number of ether oxygens (including phenoxy) is 6. The van der Waals surface area contributed by atoms with Crippen molar-refractivity contribution in [2.24, 2.45) is 17.4 Å². The number of aliphatic hydroxyl groups excluding tert-OH is 6. The molecule has 628 valence electrons. The number of hydrogen-bond donors (Lipinski definition) is 21. The number of benzene rings is 7. The number of nitrogens with two attached hydrogens (primary N) is 2. The highest BCUT2D eigenvalue weighted by Crippen LogP contribution is 2.50. The summed E-state index contributed by atoms with van der Waals surface area (Å²) in [5.74, 6) is -15.6. The molecule has 7 aliphatic heterocycles. The number of fused-ring (bicyclic) bond motifs is 16. The van der Waals surface area contributed by atoms with Crippen LogP contribution in [0.2, 0.25) is 10.0 Å². The van der Waals surface area contributed by atoms with E-state index in [1.807, 2.05) is 13.8 Å². The average Bonchev–Trinajstić information content (AvgIpc) is 0.764. The highest BCUT2D eigenvalue weighted by Gasteiger charge is 2.52. The van der Waals surface area contributed by atoms with Gasteiger partial charge in [-0.15, -0.1) is 0 Å². The largest absolute Gasteiger partial charge is 0.508 e. The molecule has 36 nitrogen and oxygen atoms in total. The number of nitrogens with one attached hydrogen (secondary N) is 9. The fourth-order valence-corrected chi connectivity index (χ4v) is 15.0. The summed E-state index contributed by atoms with van der Waals surface area (Å²) in [5.41, 5.74) is 8.61. The first-order chi connectivity index (χ1) is 56.0. The van der Waals surface area contributed by atoms with Crippen LogP contribution >= 0.6 is 23.2 Å². The zero-order chi connectivity index (χ0) is 85.2. The maximum Gasteiger partial charge on any atom is 0.251 e. The summed E-state index contributed by atoms with van der Waals surface area (Å²) in [6.45, 7) is 5.39. The van der Waals surface area contributed by atoms with Crippen molar-refractivity contribution in [3.8, 4) is 62.9 Å². The minimum absolute atomic E-state index is 0.0274. The highest BCUT2D eigenvalue weighted by atomic mass is 35.5. The van der Waals surface area contributed by atoms with Gasteiger partial charge in [0.1, 0.15) is 101 Å². The highest BCUT2D eigenvalue weighted by molar-refractivity contribution is 6.32. The Morgan fingerprint density at radius 2 is 1.28 bits per heavy atom. The molecule has 38 heteroatoms. The predicted octanol–water partition coefficient (Wildman–Crippen LogP) is 1.82. The van der Waals surface area contributed by atoms with Gasteiger partial charge in [0.25, 0.3) is 5.91 Å². The topological polar surface area (TPSA) is 572 Å². The van der Waals surface area contributed by atoms with E-state index in [4.69, 9.17) is 63.1 Å². The van der Waals surface area contributed by atoms with Gasteiger partial charge in [-0.2, -0.15) is 0 Å². The maximum atomic E-state index is 16.3. The van der Waals surface area contributed by atoms with Crippen LogP contribution in [0.3, 0.4) is 0 Å². The maximum absolute atomic E-state index is 16.3. The normalized spacial score (nSPS) is 26.8. The van der Waals surface area contributed by atoms with Gasteiger partial charge in [-0.25, -0.2) is 0 Å². The molecule has 2 fully saturated rings. The zero-order valence-corrected chi connectivity index (χ0v) is 65.3. The Morgan fingerprint density at radius 3 is 1.92 bits per heavy atom. The average molecular weight is 1680 g/mol. The fourth-order valence-electron chi connectivity index (χ4n) is 14.6. The van der Waals surface area contributed by atoms with E-state index in [9.17, 15) is 75.0 Å². The Bertz CT molecular complexity index is 5060. The van der Waals surface area contributed by atoms with Crippen LogP contribution in [0.5, 0.6) is 51.7 Å². The van der Waals surface area contributed by atoms with Gasteiger partial charge < -0.3 is 139 Å². The van der Waals surface area contributed by atoms with Crippen molar-refractivity contribution < 1.29 is 123 Å². The van der Waals surface area contributed by atoms with E-state index in [1.54, 1.807) is 24.3 Å². The van der Waals surface area contributed by atoms with E-state index in [0.29, 0.717) is 10.8 Å². The van der Waals surface area contributed by atoms with E-state index < -0.39 is 243 Å². The number of likely N-dealkylation sites (N-methyl/N-ethyl adjacent to an activating group) is 1.